The highest BCUT2D eigenvalue weighted by Gasteiger charge is 2.26. The lowest BCUT2D eigenvalue weighted by molar-refractivity contribution is -0.121. The van der Waals surface area contributed by atoms with Crippen molar-refractivity contribution in [2.75, 3.05) is 25.0 Å². The molecule has 1 fully saturated rings. The Bertz CT molecular complexity index is 418. The van der Waals surface area contributed by atoms with Gasteiger partial charge in [-0.2, -0.15) is 0 Å². The molecular weight excluding hydrogens is 248 g/mol. The van der Waals surface area contributed by atoms with E-state index in [1.807, 2.05) is 6.92 Å². The van der Waals surface area contributed by atoms with Crippen LogP contribution in [-0.4, -0.2) is 40.6 Å². The summed E-state index contributed by atoms with van der Waals surface area (Å²) in [7, 11) is 0. The molecule has 0 aromatic carbocycles. The van der Waals surface area contributed by atoms with E-state index in [0.717, 1.165) is 38.0 Å². The molecule has 1 aromatic rings. The highest BCUT2D eigenvalue weighted by atomic mass is 32.1. The second-order valence-electron chi connectivity index (χ2n) is 4.76. The number of likely N-dealkylation sites (tertiary alicyclic amines) is 1. The molecule has 0 bridgehead atoms. The molecule has 1 aliphatic rings. The van der Waals surface area contributed by atoms with Crippen LogP contribution in [0.15, 0.2) is 17.7 Å². The van der Waals surface area contributed by atoms with E-state index in [9.17, 15) is 4.79 Å². The Hall–Kier alpha value is -1.27. The van der Waals surface area contributed by atoms with E-state index >= 15 is 0 Å². The number of hydrogen-bond acceptors (Lipinski definition) is 5. The lowest BCUT2D eigenvalue weighted by Crippen LogP contribution is -2.41. The zero-order valence-electron chi connectivity index (χ0n) is 10.6. The summed E-state index contributed by atoms with van der Waals surface area (Å²) in [5.74, 6) is 0.0974. The number of aromatic nitrogens is 2. The SMILES string of the molecule is C=C(C)CN1CCCC(C(=O)Nc2nncs2)C1. The molecule has 2 rings (SSSR count). The molecule has 0 aliphatic carbocycles. The Morgan fingerprint density at radius 3 is 3.22 bits per heavy atom. The van der Waals surface area contributed by atoms with Crippen LogP contribution in [0.4, 0.5) is 5.13 Å². The summed E-state index contributed by atoms with van der Waals surface area (Å²) in [4.78, 5) is 14.4. The smallest absolute Gasteiger partial charge is 0.230 e. The van der Waals surface area contributed by atoms with Gasteiger partial charge in [0.15, 0.2) is 0 Å². The number of hydrogen-bond donors (Lipinski definition) is 1. The second kappa shape index (κ2) is 6.06. The van der Waals surface area contributed by atoms with Crippen molar-refractivity contribution in [3.05, 3.63) is 17.7 Å². The summed E-state index contributed by atoms with van der Waals surface area (Å²) in [6, 6.07) is 0. The van der Waals surface area contributed by atoms with Crippen molar-refractivity contribution in [2.45, 2.75) is 19.8 Å². The zero-order valence-corrected chi connectivity index (χ0v) is 11.4. The van der Waals surface area contributed by atoms with E-state index in [-0.39, 0.29) is 11.8 Å². The van der Waals surface area contributed by atoms with Gasteiger partial charge in [0, 0.05) is 13.1 Å². The van der Waals surface area contributed by atoms with Crippen molar-refractivity contribution < 1.29 is 4.79 Å². The number of rotatable bonds is 4. The second-order valence-corrected chi connectivity index (χ2v) is 5.60. The number of anilines is 1. The summed E-state index contributed by atoms with van der Waals surface area (Å²) >= 11 is 1.34. The zero-order chi connectivity index (χ0) is 13.0. The monoisotopic (exact) mass is 266 g/mol. The number of nitrogens with zero attached hydrogens (tertiary/aromatic N) is 3. The van der Waals surface area contributed by atoms with Crippen LogP contribution in [0.5, 0.6) is 0 Å². The molecule has 0 spiro atoms. The van der Waals surface area contributed by atoms with Crippen molar-refractivity contribution in [2.24, 2.45) is 5.92 Å². The minimum absolute atomic E-state index is 0.0435. The van der Waals surface area contributed by atoms with Gasteiger partial charge < -0.3 is 5.32 Å². The van der Waals surface area contributed by atoms with E-state index in [1.165, 1.54) is 11.3 Å². The van der Waals surface area contributed by atoms with E-state index in [1.54, 1.807) is 5.51 Å². The summed E-state index contributed by atoms with van der Waals surface area (Å²) in [6.07, 6.45) is 2.00. The summed E-state index contributed by atoms with van der Waals surface area (Å²) in [6.45, 7) is 8.67. The third kappa shape index (κ3) is 3.61. The average molecular weight is 266 g/mol. The number of piperidine rings is 1. The molecule has 1 unspecified atom stereocenters. The van der Waals surface area contributed by atoms with E-state index < -0.39 is 0 Å². The van der Waals surface area contributed by atoms with Crippen LogP contribution < -0.4 is 5.32 Å². The standard InChI is InChI=1S/C12H18N4OS/c1-9(2)6-16-5-3-4-10(7-16)11(17)14-12-15-13-8-18-12/h8,10H,1,3-7H2,2H3,(H,14,15,17). The molecule has 1 amide bonds. The molecule has 98 valence electrons. The minimum Gasteiger partial charge on any atom is -0.300 e. The number of amides is 1. The van der Waals surface area contributed by atoms with Gasteiger partial charge in [0.1, 0.15) is 5.51 Å². The highest BCUT2D eigenvalue weighted by molar-refractivity contribution is 7.13. The van der Waals surface area contributed by atoms with Gasteiger partial charge >= 0.3 is 0 Å². The number of carbonyl (C=O) groups is 1. The molecule has 5 nitrogen and oxygen atoms in total. The van der Waals surface area contributed by atoms with Gasteiger partial charge in [-0.05, 0) is 26.3 Å². The fourth-order valence-electron chi connectivity index (χ4n) is 2.23. The van der Waals surface area contributed by atoms with Crippen molar-refractivity contribution in [3.63, 3.8) is 0 Å². The predicted octanol–water partition coefficient (Wildman–Crippen LogP) is 1.76. The topological polar surface area (TPSA) is 58.1 Å². The fourth-order valence-corrected chi connectivity index (χ4v) is 2.68. The molecule has 0 saturated carbocycles. The van der Waals surface area contributed by atoms with Crippen LogP contribution >= 0.6 is 11.3 Å². The molecule has 1 saturated heterocycles. The Labute approximate surface area is 111 Å². The van der Waals surface area contributed by atoms with Crippen LogP contribution in [0.2, 0.25) is 0 Å². The van der Waals surface area contributed by atoms with Gasteiger partial charge in [-0.3, -0.25) is 9.69 Å². The van der Waals surface area contributed by atoms with Gasteiger partial charge in [-0.15, -0.1) is 10.2 Å². The van der Waals surface area contributed by atoms with Gasteiger partial charge in [0.25, 0.3) is 0 Å². The molecule has 1 aromatic heterocycles. The van der Waals surface area contributed by atoms with Crippen LogP contribution in [0.1, 0.15) is 19.8 Å². The first-order valence-electron chi connectivity index (χ1n) is 6.09. The Morgan fingerprint density at radius 2 is 2.56 bits per heavy atom. The Balaban J connectivity index is 1.88. The maximum Gasteiger partial charge on any atom is 0.230 e. The molecule has 1 atom stereocenters. The van der Waals surface area contributed by atoms with Crippen LogP contribution in [0.3, 0.4) is 0 Å². The highest BCUT2D eigenvalue weighted by Crippen LogP contribution is 2.19. The third-order valence-corrected chi connectivity index (χ3v) is 3.57. The predicted molar refractivity (Wildman–Crippen MR) is 72.5 cm³/mol. The molecule has 0 radical (unpaired) electrons. The average Bonchev–Trinajstić information content (AvgIpc) is 2.81. The molecule has 1 aliphatic heterocycles. The maximum atomic E-state index is 12.1. The lowest BCUT2D eigenvalue weighted by Gasteiger charge is -2.31. The normalized spacial score (nSPS) is 20.6. The Kier molecular flexibility index (Phi) is 4.43. The Morgan fingerprint density at radius 1 is 1.72 bits per heavy atom. The first kappa shape index (κ1) is 13.2. The number of carbonyl (C=O) groups excluding carboxylic acids is 1. The molecule has 18 heavy (non-hydrogen) atoms. The van der Waals surface area contributed by atoms with Gasteiger partial charge in [-0.25, -0.2) is 0 Å². The van der Waals surface area contributed by atoms with Crippen molar-refractivity contribution in [1.82, 2.24) is 15.1 Å². The first-order valence-corrected chi connectivity index (χ1v) is 6.97. The van der Waals surface area contributed by atoms with Crippen molar-refractivity contribution >= 4 is 22.4 Å². The van der Waals surface area contributed by atoms with Gasteiger partial charge in [-0.1, -0.05) is 23.5 Å². The molecule has 6 heteroatoms. The van der Waals surface area contributed by atoms with Gasteiger partial charge in [0.05, 0.1) is 5.92 Å². The van der Waals surface area contributed by atoms with Crippen LogP contribution in [0, 0.1) is 5.92 Å². The van der Waals surface area contributed by atoms with Gasteiger partial charge in [0.2, 0.25) is 11.0 Å². The quantitative estimate of drug-likeness (QED) is 0.844. The fraction of sp³-hybridized carbons (Fsp3) is 0.583. The van der Waals surface area contributed by atoms with E-state index in [0.29, 0.717) is 5.13 Å². The van der Waals surface area contributed by atoms with Crippen LogP contribution in [-0.2, 0) is 4.79 Å². The molecule has 2 heterocycles. The summed E-state index contributed by atoms with van der Waals surface area (Å²) in [5.41, 5.74) is 2.75. The van der Waals surface area contributed by atoms with Crippen molar-refractivity contribution in [3.8, 4) is 0 Å². The van der Waals surface area contributed by atoms with E-state index in [2.05, 4.69) is 27.0 Å². The maximum absolute atomic E-state index is 12.1. The number of nitrogens with one attached hydrogen (secondary N) is 1. The first-order chi connectivity index (χ1) is 8.65. The summed E-state index contributed by atoms with van der Waals surface area (Å²) in [5, 5.41) is 10.9. The minimum atomic E-state index is 0.0435. The molecule has 1 N–H and O–H groups in total. The lowest BCUT2D eigenvalue weighted by atomic mass is 9.97. The van der Waals surface area contributed by atoms with E-state index in [4.69, 9.17) is 0 Å². The van der Waals surface area contributed by atoms with Crippen LogP contribution in [0.25, 0.3) is 0 Å². The molecular formula is C12H18N4OS. The summed E-state index contributed by atoms with van der Waals surface area (Å²) < 4.78 is 0. The third-order valence-electron chi connectivity index (χ3n) is 2.96. The van der Waals surface area contributed by atoms with Crippen molar-refractivity contribution in [1.29, 1.82) is 0 Å². The largest absolute Gasteiger partial charge is 0.300 e.